The number of H-pyrrole nitrogens is 1. The average molecular weight is 467 g/mol. The van der Waals surface area contributed by atoms with Gasteiger partial charge in [-0.2, -0.15) is 5.10 Å². The zero-order chi connectivity index (χ0) is 23.6. The monoisotopic (exact) mass is 466 g/mol. The Morgan fingerprint density at radius 1 is 1.26 bits per heavy atom. The van der Waals surface area contributed by atoms with Crippen LogP contribution in [-0.2, 0) is 14.3 Å². The minimum Gasteiger partial charge on any atom is -0.390 e. The van der Waals surface area contributed by atoms with E-state index in [9.17, 15) is 14.7 Å². The quantitative estimate of drug-likeness (QED) is 0.426. The third kappa shape index (κ3) is 3.39. The predicted molar refractivity (Wildman–Crippen MR) is 125 cm³/mol. The third-order valence-electron chi connectivity index (χ3n) is 8.11. The van der Waals surface area contributed by atoms with Gasteiger partial charge in [-0.05, 0) is 62.8 Å². The zero-order valence-electron chi connectivity index (χ0n) is 19.4. The Kier molecular flexibility index (Phi) is 4.93. The van der Waals surface area contributed by atoms with Crippen LogP contribution < -0.4 is 10.6 Å². The van der Waals surface area contributed by atoms with Gasteiger partial charge in [0.2, 0.25) is 0 Å². The third-order valence-corrected chi connectivity index (χ3v) is 8.11. The molecule has 0 aromatic carbocycles. The first-order chi connectivity index (χ1) is 16.3. The van der Waals surface area contributed by atoms with E-state index in [-0.39, 0.29) is 18.7 Å². The number of hydrogen-bond acceptors (Lipinski definition) is 6. The normalized spacial score (nSPS) is 30.7. The van der Waals surface area contributed by atoms with Gasteiger partial charge in [0, 0.05) is 31.4 Å². The number of rotatable bonds is 5. The first-order valence-corrected chi connectivity index (χ1v) is 12.0. The van der Waals surface area contributed by atoms with Gasteiger partial charge in [0.25, 0.3) is 0 Å². The minimum absolute atomic E-state index is 0.141. The van der Waals surface area contributed by atoms with Crippen molar-refractivity contribution in [1.29, 1.82) is 0 Å². The fourth-order valence-corrected chi connectivity index (χ4v) is 6.85. The Balaban J connectivity index is 1.37. The number of nitrogens with one attached hydrogen (secondary N) is 3. The van der Waals surface area contributed by atoms with Gasteiger partial charge in [-0.25, -0.2) is 4.98 Å². The van der Waals surface area contributed by atoms with Gasteiger partial charge >= 0.3 is 11.8 Å². The second-order valence-corrected chi connectivity index (χ2v) is 10.4. The summed E-state index contributed by atoms with van der Waals surface area (Å²) in [4.78, 5) is 32.7. The predicted octanol–water partition coefficient (Wildman–Crippen LogP) is 2.11. The molecule has 0 radical (unpaired) electrons. The molecule has 10 nitrogen and oxygen atoms in total. The number of carbonyl (C=O) groups excluding carboxylic acids is 2. The number of aromatic amines is 1. The maximum Gasteiger partial charge on any atom is 0.314 e. The van der Waals surface area contributed by atoms with Crippen molar-refractivity contribution in [3.05, 3.63) is 18.5 Å². The topological polar surface area (TPSA) is 134 Å². The number of pyridine rings is 1. The second-order valence-electron chi connectivity index (χ2n) is 10.4. The summed E-state index contributed by atoms with van der Waals surface area (Å²) < 4.78 is 7.17. The molecule has 4 fully saturated rings. The molecule has 3 heterocycles. The van der Waals surface area contributed by atoms with Crippen molar-refractivity contribution in [2.45, 2.75) is 56.8 Å². The number of anilines is 1. The maximum atomic E-state index is 12.7. The lowest BCUT2D eigenvalue weighted by Crippen LogP contribution is -2.55. The van der Waals surface area contributed by atoms with Crippen molar-refractivity contribution in [3.8, 4) is 0 Å². The average Bonchev–Trinajstić information content (AvgIpc) is 3.40. The second kappa shape index (κ2) is 7.78. The SMILES string of the molecule is COC(C)CNC(=O)C(=O)Nc1nn([C@H]2[C@@H]3CC4C[C@H]2C[C@@](O)(C4)C3)c2c1cnc1[nH]ccc12. The number of ether oxygens (including phenoxy) is 1. The number of methoxy groups -OCH3 is 1. The van der Waals surface area contributed by atoms with Crippen LogP contribution in [0.2, 0.25) is 0 Å². The van der Waals surface area contributed by atoms with Crippen LogP contribution >= 0.6 is 0 Å². The van der Waals surface area contributed by atoms with Crippen LogP contribution in [0, 0.1) is 17.8 Å². The number of hydrogen-bond donors (Lipinski definition) is 4. The summed E-state index contributed by atoms with van der Waals surface area (Å²) in [5.41, 5.74) is 1.11. The Hall–Kier alpha value is -2.98. The van der Waals surface area contributed by atoms with Crippen LogP contribution in [0.4, 0.5) is 5.82 Å². The molecule has 2 unspecified atom stereocenters. The largest absolute Gasteiger partial charge is 0.390 e. The minimum atomic E-state index is -0.775. The summed E-state index contributed by atoms with van der Waals surface area (Å²) in [5, 5.41) is 22.8. The van der Waals surface area contributed by atoms with Gasteiger partial charge in [-0.15, -0.1) is 0 Å². The van der Waals surface area contributed by atoms with Crippen LogP contribution in [0.15, 0.2) is 18.5 Å². The van der Waals surface area contributed by atoms with E-state index >= 15 is 0 Å². The molecular formula is C24H30N6O4. The van der Waals surface area contributed by atoms with Gasteiger partial charge in [0.1, 0.15) is 5.65 Å². The van der Waals surface area contributed by atoms with E-state index < -0.39 is 17.4 Å². The van der Waals surface area contributed by atoms with Crippen molar-refractivity contribution < 1.29 is 19.4 Å². The van der Waals surface area contributed by atoms with Crippen LogP contribution in [0.1, 0.15) is 45.1 Å². The molecule has 0 saturated heterocycles. The molecule has 3 aromatic heterocycles. The van der Waals surface area contributed by atoms with E-state index in [4.69, 9.17) is 9.84 Å². The molecule has 4 aliphatic carbocycles. The van der Waals surface area contributed by atoms with Gasteiger partial charge in [0.05, 0.1) is 28.6 Å². The zero-order valence-corrected chi connectivity index (χ0v) is 19.4. The Morgan fingerprint density at radius 3 is 2.74 bits per heavy atom. The first kappa shape index (κ1) is 21.5. The van der Waals surface area contributed by atoms with E-state index in [1.54, 1.807) is 13.3 Å². The Labute approximate surface area is 196 Å². The summed E-state index contributed by atoms with van der Waals surface area (Å²) in [6.07, 6.45) is 8.01. The molecule has 4 saturated carbocycles. The highest BCUT2D eigenvalue weighted by Crippen LogP contribution is 2.60. The van der Waals surface area contributed by atoms with Gasteiger partial charge in [0.15, 0.2) is 5.82 Å². The van der Waals surface area contributed by atoms with E-state index in [0.717, 1.165) is 48.7 Å². The van der Waals surface area contributed by atoms with Crippen molar-refractivity contribution in [1.82, 2.24) is 25.1 Å². The molecule has 2 amide bonds. The maximum absolute atomic E-state index is 12.7. The fraction of sp³-hybridized carbons (Fsp3) is 0.583. The molecule has 180 valence electrons. The highest BCUT2D eigenvalue weighted by atomic mass is 16.5. The molecular weight excluding hydrogens is 436 g/mol. The highest BCUT2D eigenvalue weighted by Gasteiger charge is 2.55. The molecule has 0 spiro atoms. The molecule has 34 heavy (non-hydrogen) atoms. The molecule has 7 rings (SSSR count). The summed E-state index contributed by atoms with van der Waals surface area (Å²) in [5.74, 6) is 0.0697. The fourth-order valence-electron chi connectivity index (χ4n) is 6.85. The Bertz CT molecular complexity index is 1270. The number of nitrogens with zero attached hydrogens (tertiary/aromatic N) is 3. The van der Waals surface area contributed by atoms with E-state index in [1.165, 1.54) is 0 Å². The number of fused-ring (bicyclic) bond motifs is 3. The summed E-state index contributed by atoms with van der Waals surface area (Å²) in [6, 6.07) is 2.11. The lowest BCUT2D eigenvalue weighted by molar-refractivity contribution is -0.148. The van der Waals surface area contributed by atoms with Gasteiger partial charge in [-0.1, -0.05) is 0 Å². The van der Waals surface area contributed by atoms with Crippen molar-refractivity contribution in [3.63, 3.8) is 0 Å². The lowest BCUT2D eigenvalue weighted by Gasteiger charge is -2.57. The number of amides is 2. The van der Waals surface area contributed by atoms with Crippen molar-refractivity contribution in [2.24, 2.45) is 17.8 Å². The molecule has 4 N–H and O–H groups in total. The highest BCUT2D eigenvalue weighted by molar-refractivity contribution is 6.40. The molecule has 3 aromatic rings. The van der Waals surface area contributed by atoms with Crippen LogP contribution in [0.5, 0.6) is 0 Å². The van der Waals surface area contributed by atoms with E-state index in [1.807, 2.05) is 23.9 Å². The summed E-state index contributed by atoms with van der Waals surface area (Å²) in [7, 11) is 1.55. The van der Waals surface area contributed by atoms with Crippen LogP contribution in [0.3, 0.4) is 0 Å². The number of aliphatic hydroxyl groups is 1. The molecule has 4 aliphatic rings. The number of carbonyl (C=O) groups is 2. The lowest BCUT2D eigenvalue weighted by atomic mass is 9.52. The summed E-state index contributed by atoms with van der Waals surface area (Å²) >= 11 is 0. The first-order valence-electron chi connectivity index (χ1n) is 12.0. The van der Waals surface area contributed by atoms with Crippen molar-refractivity contribution in [2.75, 3.05) is 19.0 Å². The van der Waals surface area contributed by atoms with Crippen molar-refractivity contribution >= 4 is 39.6 Å². The standard InChI is InChI=1S/C24H30N6O4/c1-12(34-2)10-27-22(31)23(32)28-21-17-11-26-20-16(3-4-25-20)19(17)30(29-21)18-14-5-13-6-15(18)9-24(33,7-13)8-14/h3-4,11-15,18,33H,5-10H2,1-2H3,(H,25,26)(H,27,31)(H,28,29,32)/t12?,13?,14-,15+,18+,24-. The Morgan fingerprint density at radius 2 is 2.03 bits per heavy atom. The number of aromatic nitrogens is 4. The summed E-state index contributed by atoms with van der Waals surface area (Å²) in [6.45, 7) is 2.04. The van der Waals surface area contributed by atoms with Crippen LogP contribution in [0.25, 0.3) is 21.9 Å². The molecule has 6 atom stereocenters. The van der Waals surface area contributed by atoms with Gasteiger partial charge < -0.3 is 25.5 Å². The molecule has 10 heteroatoms. The van der Waals surface area contributed by atoms with E-state index in [0.29, 0.717) is 29.0 Å². The van der Waals surface area contributed by atoms with E-state index in [2.05, 4.69) is 20.6 Å². The molecule has 4 bridgehead atoms. The van der Waals surface area contributed by atoms with Gasteiger partial charge in [-0.3, -0.25) is 14.3 Å². The smallest absolute Gasteiger partial charge is 0.314 e. The van der Waals surface area contributed by atoms with Crippen LogP contribution in [-0.4, -0.2) is 62.0 Å². The molecule has 0 aliphatic heterocycles.